The lowest BCUT2D eigenvalue weighted by Crippen LogP contribution is -2.27. The van der Waals surface area contributed by atoms with Crippen LogP contribution in [0.3, 0.4) is 0 Å². The van der Waals surface area contributed by atoms with Crippen LogP contribution >= 0.6 is 15.9 Å². The van der Waals surface area contributed by atoms with Crippen LogP contribution in [0, 0.1) is 0 Å². The SMILES string of the molecule is O=c1c2ccccc2c2cc(Br)cc3c4cccc(-c5ccccc5)c4c(=O)n1c23. The first-order valence-corrected chi connectivity index (χ1v) is 10.4. The maximum Gasteiger partial charge on any atom is 0.266 e. The quantitative estimate of drug-likeness (QED) is 0.227. The van der Waals surface area contributed by atoms with Crippen LogP contribution in [0.2, 0.25) is 0 Å². The minimum atomic E-state index is -0.278. The van der Waals surface area contributed by atoms with E-state index in [0.29, 0.717) is 16.3 Å². The molecule has 0 aliphatic carbocycles. The van der Waals surface area contributed by atoms with Gasteiger partial charge in [0.1, 0.15) is 0 Å². The van der Waals surface area contributed by atoms with E-state index in [9.17, 15) is 9.59 Å². The minimum absolute atomic E-state index is 0.278. The lowest BCUT2D eigenvalue weighted by atomic mass is 9.95. The smallest absolute Gasteiger partial charge is 0.266 e. The molecule has 0 amide bonds. The Labute approximate surface area is 179 Å². The average molecular weight is 452 g/mol. The van der Waals surface area contributed by atoms with E-state index in [0.717, 1.165) is 37.1 Å². The van der Waals surface area contributed by atoms with Gasteiger partial charge in [0.05, 0.1) is 10.9 Å². The minimum Gasteiger partial charge on any atom is -0.268 e. The fourth-order valence-electron chi connectivity index (χ4n) is 4.55. The third-order valence-corrected chi connectivity index (χ3v) is 6.26. The highest BCUT2D eigenvalue weighted by Gasteiger charge is 2.19. The summed E-state index contributed by atoms with van der Waals surface area (Å²) in [5.41, 5.74) is 1.90. The summed E-state index contributed by atoms with van der Waals surface area (Å²) in [7, 11) is 0. The van der Waals surface area contributed by atoms with Gasteiger partial charge in [0.2, 0.25) is 0 Å². The predicted octanol–water partition coefficient (Wildman–Crippen LogP) is 5.99. The zero-order valence-electron chi connectivity index (χ0n) is 15.7. The van der Waals surface area contributed by atoms with Crippen molar-refractivity contribution in [1.82, 2.24) is 4.40 Å². The van der Waals surface area contributed by atoms with Crippen molar-refractivity contribution < 1.29 is 0 Å². The molecule has 2 heterocycles. The van der Waals surface area contributed by atoms with Crippen LogP contribution < -0.4 is 11.1 Å². The van der Waals surface area contributed by atoms with Gasteiger partial charge in [0, 0.05) is 20.6 Å². The molecule has 0 aliphatic heterocycles. The number of hydrogen-bond acceptors (Lipinski definition) is 2. The normalized spacial score (nSPS) is 11.8. The standard InChI is InChI=1S/C26H14BrNO2/c27-16-13-21-18-9-4-5-10-20(18)25(29)28-24(21)22(14-16)19-12-6-11-17(23(19)26(28)30)15-7-2-1-3-8-15/h1-14H. The van der Waals surface area contributed by atoms with E-state index in [1.807, 2.05) is 78.9 Å². The van der Waals surface area contributed by atoms with Crippen molar-refractivity contribution in [3.05, 3.63) is 110 Å². The van der Waals surface area contributed by atoms with Crippen molar-refractivity contribution in [2.24, 2.45) is 0 Å². The van der Waals surface area contributed by atoms with Crippen molar-refractivity contribution in [3.63, 3.8) is 0 Å². The summed E-state index contributed by atoms with van der Waals surface area (Å²) in [5.74, 6) is 0. The third kappa shape index (κ3) is 2.25. The largest absolute Gasteiger partial charge is 0.268 e. The highest BCUT2D eigenvalue weighted by Crippen LogP contribution is 2.35. The molecule has 2 aromatic heterocycles. The molecule has 0 atom stereocenters. The molecular formula is C26H14BrNO2. The van der Waals surface area contributed by atoms with Gasteiger partial charge in [-0.15, -0.1) is 0 Å². The van der Waals surface area contributed by atoms with Gasteiger partial charge in [-0.05, 0) is 40.1 Å². The van der Waals surface area contributed by atoms with Crippen LogP contribution in [0.15, 0.2) is 99.0 Å². The van der Waals surface area contributed by atoms with Crippen LogP contribution in [0.25, 0.3) is 49.0 Å². The van der Waals surface area contributed by atoms with Gasteiger partial charge in [-0.2, -0.15) is 0 Å². The van der Waals surface area contributed by atoms with E-state index in [1.54, 1.807) is 6.07 Å². The first-order chi connectivity index (χ1) is 14.6. The van der Waals surface area contributed by atoms with E-state index in [-0.39, 0.29) is 11.1 Å². The first-order valence-electron chi connectivity index (χ1n) is 9.65. The van der Waals surface area contributed by atoms with Gasteiger partial charge >= 0.3 is 0 Å². The molecule has 0 fully saturated rings. The van der Waals surface area contributed by atoms with Gasteiger partial charge in [-0.3, -0.25) is 9.59 Å². The van der Waals surface area contributed by atoms with Crippen LogP contribution in [0.4, 0.5) is 0 Å². The number of hydrogen-bond donors (Lipinski definition) is 0. The Bertz CT molecular complexity index is 1740. The zero-order chi connectivity index (χ0) is 20.4. The molecule has 6 rings (SSSR count). The maximum atomic E-state index is 13.8. The molecule has 0 saturated carbocycles. The average Bonchev–Trinajstić information content (AvgIpc) is 2.79. The highest BCUT2D eigenvalue weighted by atomic mass is 79.9. The fourth-order valence-corrected chi connectivity index (χ4v) is 5.01. The highest BCUT2D eigenvalue weighted by molar-refractivity contribution is 9.10. The Hall–Kier alpha value is -3.50. The van der Waals surface area contributed by atoms with Crippen molar-refractivity contribution in [2.45, 2.75) is 0 Å². The lowest BCUT2D eigenvalue weighted by Gasteiger charge is -2.15. The second-order valence-corrected chi connectivity index (χ2v) is 8.35. The molecule has 142 valence electrons. The van der Waals surface area contributed by atoms with Crippen molar-refractivity contribution in [2.75, 3.05) is 0 Å². The summed E-state index contributed by atoms with van der Waals surface area (Å²) in [5, 5.41) is 4.58. The molecular weight excluding hydrogens is 438 g/mol. The van der Waals surface area contributed by atoms with Crippen LogP contribution in [0.1, 0.15) is 0 Å². The number of rotatable bonds is 1. The van der Waals surface area contributed by atoms with Gasteiger partial charge in [-0.25, -0.2) is 4.40 Å². The van der Waals surface area contributed by atoms with Gasteiger partial charge in [0.25, 0.3) is 11.1 Å². The molecule has 6 aromatic rings. The fraction of sp³-hybridized carbons (Fsp3) is 0. The number of fused-ring (bicyclic) bond motifs is 4. The summed E-state index contributed by atoms with van der Waals surface area (Å²) >= 11 is 3.64. The second kappa shape index (κ2) is 6.25. The van der Waals surface area contributed by atoms with E-state index in [1.165, 1.54) is 4.40 Å². The molecule has 0 aliphatic rings. The topological polar surface area (TPSA) is 38.5 Å². The zero-order valence-corrected chi connectivity index (χ0v) is 17.3. The lowest BCUT2D eigenvalue weighted by molar-refractivity contribution is 1.09. The van der Waals surface area contributed by atoms with Crippen LogP contribution in [-0.4, -0.2) is 4.40 Å². The Morgan fingerprint density at radius 3 is 2.00 bits per heavy atom. The molecule has 0 radical (unpaired) electrons. The molecule has 4 aromatic carbocycles. The summed E-state index contributed by atoms with van der Waals surface area (Å²) < 4.78 is 2.26. The maximum absolute atomic E-state index is 13.8. The van der Waals surface area contributed by atoms with E-state index >= 15 is 0 Å². The van der Waals surface area contributed by atoms with Crippen LogP contribution in [0.5, 0.6) is 0 Å². The van der Waals surface area contributed by atoms with Gasteiger partial charge < -0.3 is 0 Å². The molecule has 30 heavy (non-hydrogen) atoms. The number of nitrogens with zero attached hydrogens (tertiary/aromatic N) is 1. The van der Waals surface area contributed by atoms with Crippen LogP contribution in [-0.2, 0) is 0 Å². The number of halogens is 1. The van der Waals surface area contributed by atoms with Crippen molar-refractivity contribution in [3.8, 4) is 11.1 Å². The van der Waals surface area contributed by atoms with Gasteiger partial charge in [0.15, 0.2) is 0 Å². The molecule has 4 heteroatoms. The van der Waals surface area contributed by atoms with E-state index < -0.39 is 0 Å². The number of benzene rings is 4. The molecule has 3 nitrogen and oxygen atoms in total. The van der Waals surface area contributed by atoms with E-state index in [4.69, 9.17) is 0 Å². The first kappa shape index (κ1) is 17.4. The Balaban J connectivity index is 1.99. The molecule has 0 bridgehead atoms. The van der Waals surface area contributed by atoms with Crippen molar-refractivity contribution in [1.29, 1.82) is 0 Å². The summed E-state index contributed by atoms with van der Waals surface area (Å²) in [4.78, 5) is 27.2. The molecule has 0 saturated heterocycles. The monoisotopic (exact) mass is 451 g/mol. The van der Waals surface area contributed by atoms with Gasteiger partial charge in [-0.1, -0.05) is 82.7 Å². The summed E-state index contributed by atoms with van der Waals surface area (Å²) in [6.45, 7) is 0. The Kier molecular flexibility index (Phi) is 3.62. The summed E-state index contributed by atoms with van der Waals surface area (Å²) in [6, 6.07) is 27.1. The molecule has 0 unspecified atom stereocenters. The number of pyridine rings is 2. The predicted molar refractivity (Wildman–Crippen MR) is 127 cm³/mol. The molecule has 0 spiro atoms. The summed E-state index contributed by atoms with van der Waals surface area (Å²) in [6.07, 6.45) is 0. The number of aromatic nitrogens is 1. The molecule has 0 N–H and O–H groups in total. The second-order valence-electron chi connectivity index (χ2n) is 7.43. The van der Waals surface area contributed by atoms with Crippen molar-refractivity contribution >= 4 is 53.8 Å². The Morgan fingerprint density at radius 1 is 0.600 bits per heavy atom. The van der Waals surface area contributed by atoms with E-state index in [2.05, 4.69) is 15.9 Å². The Morgan fingerprint density at radius 2 is 1.23 bits per heavy atom. The third-order valence-electron chi connectivity index (χ3n) is 5.81.